The fraction of sp³-hybridized carbons (Fsp3) is 1.00. The predicted octanol–water partition coefficient (Wildman–Crippen LogP) is 7.08. The SMILES string of the molecule is CCCCCCCCS(=O)(=O)O.O=S(=O)(O)C(F)(F)C(F)(F)C(F)(F)C(F)(F)C(F)(F)C(F)(F)C(F)(F)C(F)(F)F. The summed E-state index contributed by atoms with van der Waals surface area (Å²) < 4.78 is 271. The Morgan fingerprint density at radius 1 is 0.463 bits per heavy atom. The molecule has 250 valence electrons. The minimum Gasteiger partial charge on any atom is -0.286 e. The Morgan fingerprint density at radius 2 is 0.756 bits per heavy atom. The molecule has 2 N–H and O–H groups in total. The summed E-state index contributed by atoms with van der Waals surface area (Å²) >= 11 is 0. The molecule has 0 aromatic rings. The zero-order chi connectivity index (χ0) is 33.9. The van der Waals surface area contributed by atoms with E-state index in [0.29, 0.717) is 6.42 Å². The van der Waals surface area contributed by atoms with Crippen molar-refractivity contribution in [2.45, 2.75) is 92.4 Å². The van der Waals surface area contributed by atoms with Gasteiger partial charge >= 0.3 is 57.1 Å². The van der Waals surface area contributed by atoms with Gasteiger partial charge in [-0.25, -0.2) is 0 Å². The molecule has 0 aliphatic rings. The molecular weight excluding hydrogens is 675 g/mol. The second-order valence-electron chi connectivity index (χ2n) is 7.99. The van der Waals surface area contributed by atoms with Crippen LogP contribution < -0.4 is 0 Å². The van der Waals surface area contributed by atoms with Crippen LogP contribution in [0.3, 0.4) is 0 Å². The van der Waals surface area contributed by atoms with Gasteiger partial charge in [-0.15, -0.1) is 0 Å². The van der Waals surface area contributed by atoms with E-state index >= 15 is 0 Å². The zero-order valence-electron chi connectivity index (χ0n) is 19.7. The Kier molecular flexibility index (Phi) is 12.9. The summed E-state index contributed by atoms with van der Waals surface area (Å²) in [6.45, 7) is 2.14. The molecule has 41 heavy (non-hydrogen) atoms. The van der Waals surface area contributed by atoms with Gasteiger partial charge in [-0.3, -0.25) is 9.11 Å². The second-order valence-corrected chi connectivity index (χ2v) is 11.0. The maximum absolute atomic E-state index is 13.0. The van der Waals surface area contributed by atoms with Crippen LogP contribution in [0.15, 0.2) is 0 Å². The molecule has 6 nitrogen and oxygen atoms in total. The third-order valence-corrected chi connectivity index (χ3v) is 6.48. The molecule has 0 atom stereocenters. The average Bonchev–Trinajstić information content (AvgIpc) is 2.73. The largest absolute Gasteiger partial charge is 0.460 e. The fourth-order valence-corrected chi connectivity index (χ4v) is 3.40. The number of rotatable bonds is 14. The monoisotopic (exact) mass is 694 g/mol. The topological polar surface area (TPSA) is 109 Å². The molecule has 0 aromatic heterocycles. The molecule has 0 amide bonds. The minimum absolute atomic E-state index is 0.0842. The average molecular weight is 694 g/mol. The molecule has 0 saturated heterocycles. The first kappa shape index (κ1) is 41.8. The highest BCUT2D eigenvalue weighted by molar-refractivity contribution is 7.87. The van der Waals surface area contributed by atoms with Gasteiger partial charge in [-0.05, 0) is 6.42 Å². The van der Waals surface area contributed by atoms with E-state index in [-0.39, 0.29) is 5.75 Å². The lowest BCUT2D eigenvalue weighted by Crippen LogP contribution is -2.74. The molecule has 0 fully saturated rings. The molecule has 0 aliphatic heterocycles. The molecule has 0 rings (SSSR count). The molecule has 0 radical (unpaired) electrons. The lowest BCUT2D eigenvalue weighted by Gasteiger charge is -2.42. The molecule has 0 saturated carbocycles. The summed E-state index contributed by atoms with van der Waals surface area (Å²) in [5.41, 5.74) is 0. The van der Waals surface area contributed by atoms with Gasteiger partial charge in [0.25, 0.3) is 10.1 Å². The Hall–Kier alpha value is -1.37. The third-order valence-electron chi connectivity index (χ3n) is 4.77. The lowest BCUT2D eigenvalue weighted by molar-refractivity contribution is -0.458. The highest BCUT2D eigenvalue weighted by Gasteiger charge is 2.96. The molecule has 0 heterocycles. The molecule has 0 aliphatic carbocycles. The summed E-state index contributed by atoms with van der Waals surface area (Å²) in [5.74, 6) is -52.0. The van der Waals surface area contributed by atoms with Gasteiger partial charge in [0.2, 0.25) is 0 Å². The number of halogens is 17. The van der Waals surface area contributed by atoms with Crippen LogP contribution in [0.25, 0.3) is 0 Å². The quantitative estimate of drug-likeness (QED) is 0.114. The Labute approximate surface area is 219 Å². The highest BCUT2D eigenvalue weighted by Crippen LogP contribution is 2.64. The maximum Gasteiger partial charge on any atom is 0.460 e. The van der Waals surface area contributed by atoms with Crippen LogP contribution in [0.4, 0.5) is 74.6 Å². The molecule has 0 unspecified atom stereocenters. The van der Waals surface area contributed by atoms with Crippen molar-refractivity contribution in [1.82, 2.24) is 0 Å². The summed E-state index contributed by atoms with van der Waals surface area (Å²) in [7, 11) is -11.6. The summed E-state index contributed by atoms with van der Waals surface area (Å²) in [5, 5.41) is -7.84. The van der Waals surface area contributed by atoms with Crippen molar-refractivity contribution < 1.29 is 101 Å². The third kappa shape index (κ3) is 8.17. The van der Waals surface area contributed by atoms with Gasteiger partial charge in [-0.1, -0.05) is 39.0 Å². The summed E-state index contributed by atoms with van der Waals surface area (Å²) in [6, 6.07) is 0. The first-order chi connectivity index (χ1) is 17.6. The van der Waals surface area contributed by atoms with E-state index in [9.17, 15) is 91.5 Å². The number of hydrogen-bond donors (Lipinski definition) is 2. The van der Waals surface area contributed by atoms with Crippen molar-refractivity contribution in [3.8, 4) is 0 Å². The first-order valence-electron chi connectivity index (χ1n) is 10.2. The van der Waals surface area contributed by atoms with Crippen LogP contribution >= 0.6 is 0 Å². The molecule has 0 bridgehead atoms. The van der Waals surface area contributed by atoms with Crippen molar-refractivity contribution in [2.75, 3.05) is 5.75 Å². The molecule has 0 aromatic carbocycles. The van der Waals surface area contributed by atoms with E-state index in [1.165, 1.54) is 19.3 Å². The van der Waals surface area contributed by atoms with E-state index in [1.54, 1.807) is 0 Å². The van der Waals surface area contributed by atoms with Crippen LogP contribution in [0.2, 0.25) is 0 Å². The summed E-state index contributed by atoms with van der Waals surface area (Å²) in [4.78, 5) is 0. The normalized spacial score (nSPS) is 15.4. The van der Waals surface area contributed by atoms with Gasteiger partial charge in [0.1, 0.15) is 0 Å². The van der Waals surface area contributed by atoms with Gasteiger partial charge in [0.15, 0.2) is 0 Å². The fourth-order valence-electron chi connectivity index (χ4n) is 2.38. The maximum atomic E-state index is 13.0. The lowest BCUT2D eigenvalue weighted by atomic mass is 9.91. The van der Waals surface area contributed by atoms with Crippen LogP contribution in [-0.2, 0) is 20.2 Å². The van der Waals surface area contributed by atoms with Gasteiger partial charge < -0.3 is 0 Å². The van der Waals surface area contributed by atoms with Crippen molar-refractivity contribution >= 4 is 20.2 Å². The summed E-state index contributed by atoms with van der Waals surface area (Å²) in [6.07, 6.45) is -1.75. The number of hydrogen-bond acceptors (Lipinski definition) is 4. The zero-order valence-corrected chi connectivity index (χ0v) is 21.4. The standard InChI is InChI=1S/C8HF17O3S.C8H18O3S/c9-1(10,3(13,14)5(17,18)7(21,22)23)2(11,12)4(15,16)6(19,20)8(24,25)29(26,27)28;1-2-3-4-5-6-7-8-12(9,10)11/h(H,26,27,28);2-8H2,1H3,(H,9,10,11). The van der Waals surface area contributed by atoms with Gasteiger partial charge in [0.05, 0.1) is 5.75 Å². The number of alkyl halides is 17. The van der Waals surface area contributed by atoms with E-state index in [0.717, 1.165) is 12.8 Å². The highest BCUT2D eigenvalue weighted by atomic mass is 32.2. The van der Waals surface area contributed by atoms with Crippen LogP contribution in [0, 0.1) is 0 Å². The van der Waals surface area contributed by atoms with Crippen LogP contribution in [0.5, 0.6) is 0 Å². The van der Waals surface area contributed by atoms with Gasteiger partial charge in [0, 0.05) is 0 Å². The molecule has 0 spiro atoms. The van der Waals surface area contributed by atoms with Gasteiger partial charge in [-0.2, -0.15) is 91.5 Å². The van der Waals surface area contributed by atoms with Crippen molar-refractivity contribution in [1.29, 1.82) is 0 Å². The Balaban J connectivity index is 0. The Morgan fingerprint density at radius 3 is 1.05 bits per heavy atom. The van der Waals surface area contributed by atoms with E-state index in [2.05, 4.69) is 6.92 Å². The van der Waals surface area contributed by atoms with Crippen molar-refractivity contribution in [3.05, 3.63) is 0 Å². The Bertz CT molecular complexity index is 1070. The van der Waals surface area contributed by atoms with Crippen LogP contribution in [-0.4, -0.2) is 78.7 Å². The van der Waals surface area contributed by atoms with E-state index in [4.69, 9.17) is 9.11 Å². The van der Waals surface area contributed by atoms with Crippen LogP contribution in [0.1, 0.15) is 45.4 Å². The number of unbranched alkanes of at least 4 members (excludes halogenated alkanes) is 5. The second kappa shape index (κ2) is 12.7. The smallest absolute Gasteiger partial charge is 0.286 e. The van der Waals surface area contributed by atoms with Crippen molar-refractivity contribution in [3.63, 3.8) is 0 Å². The minimum atomic E-state index is -8.89. The predicted molar refractivity (Wildman–Crippen MR) is 102 cm³/mol. The van der Waals surface area contributed by atoms with E-state index < -0.39 is 67.2 Å². The van der Waals surface area contributed by atoms with E-state index in [1.807, 2.05) is 0 Å². The molecule has 25 heteroatoms. The van der Waals surface area contributed by atoms with Crippen molar-refractivity contribution in [2.24, 2.45) is 0 Å². The molecular formula is C16H19F17O6S2. The first-order valence-corrected chi connectivity index (χ1v) is 13.2.